The fraction of sp³-hybridized carbons (Fsp3) is 0.448. The molecule has 0 fully saturated rings. The minimum Gasteiger partial charge on any atom is -0.444 e. The molecule has 1 atom stereocenters. The molecular weight excluding hydrogens is 539 g/mol. The molecule has 12 heteroatoms. The van der Waals surface area contributed by atoms with Gasteiger partial charge in [-0.05, 0) is 59.1 Å². The normalized spacial score (nSPS) is 18.1. The lowest BCUT2D eigenvalue weighted by molar-refractivity contribution is -0.137. The van der Waals surface area contributed by atoms with Gasteiger partial charge >= 0.3 is 12.3 Å². The third-order valence-corrected chi connectivity index (χ3v) is 6.09. The lowest BCUT2D eigenvalue weighted by Crippen LogP contribution is -2.33. The minimum absolute atomic E-state index is 0.123. The van der Waals surface area contributed by atoms with Crippen molar-refractivity contribution in [2.24, 2.45) is 0 Å². The summed E-state index contributed by atoms with van der Waals surface area (Å²) in [6, 6.07) is 10.4. The topological polar surface area (TPSA) is 111 Å². The van der Waals surface area contributed by atoms with E-state index in [4.69, 9.17) is 13.9 Å². The Morgan fingerprint density at radius 2 is 1.88 bits per heavy atom. The molecule has 9 nitrogen and oxygen atoms in total. The number of nitrogens with one attached hydrogen (secondary N) is 2. The molecule has 0 saturated heterocycles. The van der Waals surface area contributed by atoms with Crippen molar-refractivity contribution in [2.75, 3.05) is 10.6 Å². The van der Waals surface area contributed by atoms with Crippen LogP contribution >= 0.6 is 0 Å². The Labute approximate surface area is 236 Å². The van der Waals surface area contributed by atoms with Crippen LogP contribution in [0.4, 0.5) is 29.5 Å². The predicted octanol–water partition coefficient (Wildman–Crippen LogP) is 7.69. The number of anilines is 2. The van der Waals surface area contributed by atoms with Gasteiger partial charge in [-0.3, -0.25) is 5.32 Å². The zero-order valence-electron chi connectivity index (χ0n) is 23.6. The quantitative estimate of drug-likeness (QED) is 0.306. The summed E-state index contributed by atoms with van der Waals surface area (Å²) in [6.07, 6.45) is -0.960. The molecule has 2 aromatic heterocycles. The van der Waals surface area contributed by atoms with Gasteiger partial charge in [0.1, 0.15) is 17.5 Å². The largest absolute Gasteiger partial charge is 0.444 e. The van der Waals surface area contributed by atoms with Crippen molar-refractivity contribution in [1.29, 1.82) is 0 Å². The number of amides is 1. The molecule has 1 aromatic carbocycles. The van der Waals surface area contributed by atoms with E-state index in [2.05, 4.69) is 25.8 Å². The fourth-order valence-electron chi connectivity index (χ4n) is 4.13. The van der Waals surface area contributed by atoms with Crippen molar-refractivity contribution >= 4 is 17.6 Å². The summed E-state index contributed by atoms with van der Waals surface area (Å²) in [7, 11) is 0. The summed E-state index contributed by atoms with van der Waals surface area (Å²) in [4.78, 5) is 16.9. The van der Waals surface area contributed by atoms with Crippen LogP contribution in [-0.4, -0.2) is 32.4 Å². The van der Waals surface area contributed by atoms with Crippen LogP contribution in [0, 0.1) is 0 Å². The van der Waals surface area contributed by atoms with E-state index in [-0.39, 0.29) is 29.8 Å². The molecule has 4 bridgehead atoms. The van der Waals surface area contributed by atoms with Crippen molar-refractivity contribution < 1.29 is 31.9 Å². The van der Waals surface area contributed by atoms with Crippen molar-refractivity contribution in [2.45, 2.75) is 83.9 Å². The molecule has 1 amide bonds. The van der Waals surface area contributed by atoms with Gasteiger partial charge in [0.05, 0.1) is 17.9 Å². The molecule has 3 aromatic rings. The highest BCUT2D eigenvalue weighted by Gasteiger charge is 2.38. The number of alkyl halides is 3. The zero-order chi connectivity index (χ0) is 29.8. The van der Waals surface area contributed by atoms with Crippen molar-refractivity contribution in [1.82, 2.24) is 15.2 Å². The van der Waals surface area contributed by atoms with Gasteiger partial charge in [-0.15, -0.1) is 10.2 Å². The Bertz CT molecular complexity index is 1380. The number of benzene rings is 1. The number of carbonyl (C=O) groups is 1. The molecule has 0 aliphatic carbocycles. The van der Waals surface area contributed by atoms with Gasteiger partial charge in [0.15, 0.2) is 5.69 Å². The summed E-state index contributed by atoms with van der Waals surface area (Å²) in [5, 5.41) is 13.5. The van der Waals surface area contributed by atoms with Crippen LogP contribution in [0.5, 0.6) is 0 Å². The first-order valence-electron chi connectivity index (χ1n) is 13.2. The molecule has 4 rings (SSSR count). The molecule has 220 valence electrons. The monoisotopic (exact) mass is 573 g/mol. The van der Waals surface area contributed by atoms with Gasteiger partial charge in [-0.25, -0.2) is 9.78 Å². The third-order valence-electron chi connectivity index (χ3n) is 6.09. The highest BCUT2D eigenvalue weighted by atomic mass is 19.4. The van der Waals surface area contributed by atoms with Gasteiger partial charge in [0.25, 0.3) is 5.89 Å². The van der Waals surface area contributed by atoms with E-state index in [9.17, 15) is 18.0 Å². The zero-order valence-corrected chi connectivity index (χ0v) is 23.6. The van der Waals surface area contributed by atoms with Crippen LogP contribution in [0.1, 0.15) is 77.0 Å². The van der Waals surface area contributed by atoms with E-state index in [1.165, 1.54) is 0 Å². The second-order valence-electron chi connectivity index (χ2n) is 11.4. The Hall–Kier alpha value is -3.93. The molecule has 1 aliphatic heterocycles. The van der Waals surface area contributed by atoms with Gasteiger partial charge in [0, 0.05) is 12.0 Å². The summed E-state index contributed by atoms with van der Waals surface area (Å²) >= 11 is 0. The Morgan fingerprint density at radius 3 is 2.56 bits per heavy atom. The van der Waals surface area contributed by atoms with Crippen LogP contribution < -0.4 is 10.6 Å². The van der Waals surface area contributed by atoms with E-state index < -0.39 is 40.9 Å². The average molecular weight is 574 g/mol. The van der Waals surface area contributed by atoms with Crippen molar-refractivity contribution in [3.63, 3.8) is 0 Å². The number of ether oxygens (including phenoxy) is 2. The highest BCUT2D eigenvalue weighted by Crippen LogP contribution is 2.41. The van der Waals surface area contributed by atoms with E-state index in [0.29, 0.717) is 19.3 Å². The number of rotatable bonds is 4. The average Bonchev–Trinajstić information content (AvgIpc) is 3.34. The number of aromatic nitrogens is 3. The van der Waals surface area contributed by atoms with Gasteiger partial charge in [0.2, 0.25) is 5.89 Å². The van der Waals surface area contributed by atoms with E-state index in [0.717, 1.165) is 11.6 Å². The first kappa shape index (κ1) is 30.0. The smallest absolute Gasteiger partial charge is 0.420 e. The summed E-state index contributed by atoms with van der Waals surface area (Å²) in [5.41, 5.74) is -2.21. The first-order valence-corrected chi connectivity index (χ1v) is 13.2. The number of allylic oxidation sites excluding steroid dienone is 1. The number of fused-ring (bicyclic) bond motifs is 5. The van der Waals surface area contributed by atoms with E-state index >= 15 is 0 Å². The second kappa shape index (κ2) is 11.9. The van der Waals surface area contributed by atoms with Gasteiger partial charge in [-0.2, -0.15) is 13.2 Å². The SMILES string of the molecule is CC1(C)CC/C=C/CC(OCc2ccccc2)c2nnc(o2)-c2nc(c(C(F)(F)F)cc2NC(=O)OC(C)(C)C)N1. The van der Waals surface area contributed by atoms with Crippen molar-refractivity contribution in [3.05, 3.63) is 65.6 Å². The number of hydrogen-bond acceptors (Lipinski definition) is 8. The van der Waals surface area contributed by atoms with Gasteiger partial charge in [-0.1, -0.05) is 42.5 Å². The molecule has 2 N–H and O–H groups in total. The summed E-state index contributed by atoms with van der Waals surface area (Å²) in [5.74, 6) is -0.489. The lowest BCUT2D eigenvalue weighted by Gasteiger charge is -2.29. The standard InChI is InChI=1S/C29H34F3N5O4/c1-27(2,3)41-26(38)33-20-16-19(29(30,31)32)23-34-22(20)25-37-36-24(40-25)21(39-17-18-12-8-6-9-13-18)14-10-7-11-15-28(4,5)35-23/h6-10,12-13,16,21H,11,14-15,17H2,1-5H3,(H,33,38)(H,34,35)/b10-7+. The number of pyridine rings is 1. The highest BCUT2D eigenvalue weighted by molar-refractivity contribution is 5.90. The lowest BCUT2D eigenvalue weighted by atomic mass is 9.97. The number of halogens is 3. The second-order valence-corrected chi connectivity index (χ2v) is 11.4. The maximum atomic E-state index is 14.2. The molecule has 1 aliphatic rings. The fourth-order valence-corrected chi connectivity index (χ4v) is 4.13. The predicted molar refractivity (Wildman–Crippen MR) is 147 cm³/mol. The number of hydrogen-bond donors (Lipinski definition) is 2. The van der Waals surface area contributed by atoms with Gasteiger partial charge < -0.3 is 19.2 Å². The molecule has 0 saturated carbocycles. The Morgan fingerprint density at radius 1 is 1.15 bits per heavy atom. The Balaban J connectivity index is 1.80. The first-order chi connectivity index (χ1) is 19.2. The third kappa shape index (κ3) is 8.29. The maximum Gasteiger partial charge on any atom is 0.420 e. The maximum absolute atomic E-state index is 14.2. The molecular formula is C29H34F3N5O4. The summed E-state index contributed by atoms with van der Waals surface area (Å²) in [6.45, 7) is 8.78. The van der Waals surface area contributed by atoms with Crippen molar-refractivity contribution in [3.8, 4) is 11.6 Å². The van der Waals surface area contributed by atoms with Crippen LogP contribution in [0.3, 0.4) is 0 Å². The van der Waals surface area contributed by atoms with Crippen LogP contribution in [-0.2, 0) is 22.3 Å². The van der Waals surface area contributed by atoms with Crippen LogP contribution in [0.2, 0.25) is 0 Å². The molecule has 0 radical (unpaired) electrons. The minimum atomic E-state index is -4.78. The molecule has 0 spiro atoms. The van der Waals surface area contributed by atoms with E-state index in [1.807, 2.05) is 42.5 Å². The number of nitrogens with zero attached hydrogens (tertiary/aromatic N) is 3. The van der Waals surface area contributed by atoms with E-state index in [1.54, 1.807) is 34.6 Å². The molecule has 1 unspecified atom stereocenters. The molecule has 41 heavy (non-hydrogen) atoms. The van der Waals surface area contributed by atoms with Crippen LogP contribution in [0.15, 0.2) is 53.0 Å². The number of carbonyl (C=O) groups excluding carboxylic acids is 1. The summed E-state index contributed by atoms with van der Waals surface area (Å²) < 4.78 is 60.0. The van der Waals surface area contributed by atoms with Crippen LogP contribution in [0.25, 0.3) is 11.6 Å². The Kier molecular flexibility index (Phi) is 8.71. The molecule has 3 heterocycles.